The van der Waals surface area contributed by atoms with E-state index in [0.29, 0.717) is 5.02 Å². The Balaban J connectivity index is 2.48. The molecule has 1 N–H and O–H groups in total. The van der Waals surface area contributed by atoms with Gasteiger partial charge in [-0.1, -0.05) is 22.9 Å². The largest absolute Gasteiger partial charge is 0.308 e. The second-order valence-electron chi connectivity index (χ2n) is 3.78. The molecule has 1 aromatic carbocycles. The number of aromatic nitrogens is 3. The minimum Gasteiger partial charge on any atom is -0.308 e. The van der Waals surface area contributed by atoms with Gasteiger partial charge in [0.05, 0.1) is 16.8 Å². The maximum Gasteiger partial charge on any atom is 0.153 e. The maximum atomic E-state index is 6.01. The first-order chi connectivity index (χ1) is 8.54. The van der Waals surface area contributed by atoms with Crippen LogP contribution in [0.5, 0.6) is 0 Å². The van der Waals surface area contributed by atoms with Crippen LogP contribution in [0.25, 0.3) is 0 Å². The summed E-state index contributed by atoms with van der Waals surface area (Å²) in [5.74, 6) is 0. The van der Waals surface area contributed by atoms with Gasteiger partial charge in [-0.2, -0.15) is 0 Å². The fourth-order valence-corrected chi connectivity index (χ4v) is 2.87. The first-order valence-electron chi connectivity index (χ1n) is 5.22. The van der Waals surface area contributed by atoms with E-state index in [-0.39, 0.29) is 6.04 Å². The van der Waals surface area contributed by atoms with E-state index in [1.807, 2.05) is 32.3 Å². The molecule has 2 rings (SSSR count). The smallest absolute Gasteiger partial charge is 0.153 e. The van der Waals surface area contributed by atoms with E-state index in [2.05, 4.69) is 47.5 Å². The lowest BCUT2D eigenvalue weighted by Crippen LogP contribution is -2.21. The Morgan fingerprint density at radius 2 is 2.11 bits per heavy atom. The van der Waals surface area contributed by atoms with Crippen LogP contribution in [0.2, 0.25) is 5.02 Å². The molecule has 1 aromatic heterocycles. The minimum atomic E-state index is -0.00654. The van der Waals surface area contributed by atoms with Crippen molar-refractivity contribution in [2.45, 2.75) is 6.04 Å². The number of halogens is 3. The third kappa shape index (κ3) is 2.61. The normalized spacial score (nSPS) is 12.7. The third-order valence-electron chi connectivity index (χ3n) is 2.67. The first-order valence-corrected chi connectivity index (χ1v) is 7.18. The lowest BCUT2D eigenvalue weighted by atomic mass is 10.0. The average Bonchev–Trinajstić information content (AvgIpc) is 2.66. The molecule has 0 fully saturated rings. The number of aryl methyl sites for hydroxylation is 1. The molecule has 96 valence electrons. The van der Waals surface area contributed by atoms with Crippen LogP contribution in [0.1, 0.15) is 17.3 Å². The molecular weight excluding hydrogens is 383 g/mol. The van der Waals surface area contributed by atoms with E-state index >= 15 is 0 Å². The van der Waals surface area contributed by atoms with E-state index in [0.717, 1.165) is 20.3 Å². The molecule has 0 bridgehead atoms. The molecule has 1 atom stereocenters. The molecule has 0 amide bonds. The summed E-state index contributed by atoms with van der Waals surface area (Å²) in [6.07, 6.45) is 0. The molecule has 0 aliphatic carbocycles. The Bertz CT molecular complexity index is 551. The molecule has 0 aliphatic heterocycles. The topological polar surface area (TPSA) is 42.7 Å². The van der Waals surface area contributed by atoms with Gasteiger partial charge in [0.2, 0.25) is 0 Å². The molecule has 0 spiro atoms. The number of nitrogens with one attached hydrogen (secondary N) is 1. The van der Waals surface area contributed by atoms with Crippen molar-refractivity contribution in [2.24, 2.45) is 7.05 Å². The third-order valence-corrected chi connectivity index (χ3v) is 4.44. The van der Waals surface area contributed by atoms with Crippen molar-refractivity contribution < 1.29 is 0 Å². The van der Waals surface area contributed by atoms with Crippen LogP contribution in [0.15, 0.2) is 27.3 Å². The lowest BCUT2D eigenvalue weighted by Gasteiger charge is -2.17. The van der Waals surface area contributed by atoms with E-state index in [4.69, 9.17) is 11.6 Å². The summed E-state index contributed by atoms with van der Waals surface area (Å²) in [5.41, 5.74) is 2.05. The van der Waals surface area contributed by atoms with Crippen molar-refractivity contribution >= 4 is 43.5 Å². The molecule has 4 nitrogen and oxygen atoms in total. The Morgan fingerprint density at radius 3 is 2.61 bits per heavy atom. The summed E-state index contributed by atoms with van der Waals surface area (Å²) in [4.78, 5) is 0. The zero-order chi connectivity index (χ0) is 13.3. The van der Waals surface area contributed by atoms with Gasteiger partial charge >= 0.3 is 0 Å². The van der Waals surface area contributed by atoms with Gasteiger partial charge in [-0.15, -0.1) is 5.10 Å². The van der Waals surface area contributed by atoms with Crippen molar-refractivity contribution in [3.8, 4) is 0 Å². The van der Waals surface area contributed by atoms with Crippen molar-refractivity contribution in [1.82, 2.24) is 20.3 Å². The molecule has 1 heterocycles. The zero-order valence-electron chi connectivity index (χ0n) is 9.78. The Labute approximate surface area is 127 Å². The van der Waals surface area contributed by atoms with Gasteiger partial charge in [-0.05, 0) is 56.6 Å². The summed E-state index contributed by atoms with van der Waals surface area (Å²) in [6, 6.07) is 5.83. The van der Waals surface area contributed by atoms with Crippen molar-refractivity contribution in [3.63, 3.8) is 0 Å². The van der Waals surface area contributed by atoms with Gasteiger partial charge in [0.25, 0.3) is 0 Å². The van der Waals surface area contributed by atoms with Crippen LogP contribution in [0, 0.1) is 0 Å². The standard InChI is InChI=1S/C11H11Br2ClN4/c1-15-9(10-11(13)16-17-18(10)2)6-3-4-8(14)7(12)5-6/h3-5,9,15H,1-2H3. The first kappa shape index (κ1) is 14.0. The number of hydrogen-bond donors (Lipinski definition) is 1. The Hall–Kier alpha value is -0.430. The van der Waals surface area contributed by atoms with Gasteiger partial charge in [-0.25, -0.2) is 4.68 Å². The van der Waals surface area contributed by atoms with Crippen molar-refractivity contribution in [1.29, 1.82) is 0 Å². The highest BCUT2D eigenvalue weighted by molar-refractivity contribution is 9.10. The maximum absolute atomic E-state index is 6.01. The average molecular weight is 394 g/mol. The predicted molar refractivity (Wildman–Crippen MR) is 78.8 cm³/mol. The van der Waals surface area contributed by atoms with Crippen LogP contribution in [0.4, 0.5) is 0 Å². The van der Waals surface area contributed by atoms with Gasteiger partial charge in [0, 0.05) is 11.5 Å². The van der Waals surface area contributed by atoms with E-state index in [1.165, 1.54) is 0 Å². The lowest BCUT2D eigenvalue weighted by molar-refractivity contribution is 0.597. The summed E-state index contributed by atoms with van der Waals surface area (Å²) < 4.78 is 3.34. The molecule has 2 aromatic rings. The Kier molecular flexibility index (Phi) is 4.42. The number of rotatable bonds is 3. The summed E-state index contributed by atoms with van der Waals surface area (Å²) >= 11 is 12.9. The van der Waals surface area contributed by atoms with Crippen molar-refractivity contribution in [3.05, 3.63) is 43.6 Å². The minimum absolute atomic E-state index is 0.00654. The summed E-state index contributed by atoms with van der Waals surface area (Å²) in [6.45, 7) is 0. The summed E-state index contributed by atoms with van der Waals surface area (Å²) in [7, 11) is 3.76. The fourth-order valence-electron chi connectivity index (χ4n) is 1.80. The molecule has 0 saturated heterocycles. The highest BCUT2D eigenvalue weighted by Gasteiger charge is 2.20. The Morgan fingerprint density at radius 1 is 1.39 bits per heavy atom. The second kappa shape index (κ2) is 5.69. The van der Waals surface area contributed by atoms with Crippen LogP contribution < -0.4 is 5.32 Å². The van der Waals surface area contributed by atoms with E-state index < -0.39 is 0 Å². The van der Waals surface area contributed by atoms with Crippen molar-refractivity contribution in [2.75, 3.05) is 7.05 Å². The zero-order valence-corrected chi connectivity index (χ0v) is 13.7. The number of hydrogen-bond acceptors (Lipinski definition) is 3. The molecule has 0 saturated carbocycles. The predicted octanol–water partition coefficient (Wildman–Crippen LogP) is 3.30. The molecule has 7 heteroatoms. The van der Waals surface area contributed by atoms with E-state index in [9.17, 15) is 0 Å². The molecule has 0 aliphatic rings. The van der Waals surface area contributed by atoms with Gasteiger partial charge in [0.1, 0.15) is 0 Å². The van der Waals surface area contributed by atoms with Crippen LogP contribution in [0.3, 0.4) is 0 Å². The van der Waals surface area contributed by atoms with Crippen LogP contribution in [-0.4, -0.2) is 22.0 Å². The van der Waals surface area contributed by atoms with Gasteiger partial charge in [-0.3, -0.25) is 0 Å². The van der Waals surface area contributed by atoms with E-state index in [1.54, 1.807) is 4.68 Å². The van der Waals surface area contributed by atoms with Gasteiger partial charge in [0.15, 0.2) is 4.60 Å². The summed E-state index contributed by atoms with van der Waals surface area (Å²) in [5, 5.41) is 11.9. The molecule has 0 radical (unpaired) electrons. The molecule has 18 heavy (non-hydrogen) atoms. The van der Waals surface area contributed by atoms with Gasteiger partial charge < -0.3 is 5.32 Å². The molecular formula is C11H11Br2ClN4. The number of benzene rings is 1. The monoisotopic (exact) mass is 392 g/mol. The quantitative estimate of drug-likeness (QED) is 0.869. The fraction of sp³-hybridized carbons (Fsp3) is 0.273. The number of nitrogens with zero attached hydrogens (tertiary/aromatic N) is 3. The van der Waals surface area contributed by atoms with Crippen LogP contribution >= 0.6 is 43.5 Å². The van der Waals surface area contributed by atoms with Crippen LogP contribution in [-0.2, 0) is 7.05 Å². The SMILES string of the molecule is CNC(c1ccc(Cl)c(Br)c1)c1c(Br)nnn1C. The molecule has 1 unspecified atom stereocenters. The highest BCUT2D eigenvalue weighted by Crippen LogP contribution is 2.30. The second-order valence-corrected chi connectivity index (χ2v) is 5.80. The highest BCUT2D eigenvalue weighted by atomic mass is 79.9.